The molecule has 0 unspecified atom stereocenters. The first kappa shape index (κ1) is 58.8. The molecule has 2 saturated heterocycles. The van der Waals surface area contributed by atoms with E-state index in [2.05, 4.69) is 33.1 Å². The molecule has 0 bridgehead atoms. The van der Waals surface area contributed by atoms with E-state index in [1.54, 1.807) is 88.6 Å². The number of hydrogen-bond donors (Lipinski definition) is 4. The zero-order valence-corrected chi connectivity index (χ0v) is 41.6. The van der Waals surface area contributed by atoms with E-state index >= 15 is 0 Å². The van der Waals surface area contributed by atoms with Gasteiger partial charge in [0, 0.05) is 51.4 Å². The summed E-state index contributed by atoms with van der Waals surface area (Å²) in [4.78, 5) is 84.2. The number of halogens is 6. The Morgan fingerprint density at radius 2 is 0.958 bits per heavy atom. The van der Waals surface area contributed by atoms with E-state index in [9.17, 15) is 55.1 Å². The third-order valence-corrected chi connectivity index (χ3v) is 12.9. The molecular formula is C50H68F6N8O8. The van der Waals surface area contributed by atoms with Crippen LogP contribution in [0.1, 0.15) is 64.5 Å². The highest BCUT2D eigenvalue weighted by Gasteiger charge is 2.46. The number of benzene rings is 2. The number of alkyl halides is 6. The minimum Gasteiger partial charge on any atom is -0.363 e. The van der Waals surface area contributed by atoms with E-state index < -0.39 is 96.3 Å². The van der Waals surface area contributed by atoms with Crippen LogP contribution in [0.25, 0.3) is 0 Å². The third-order valence-electron chi connectivity index (χ3n) is 12.9. The molecule has 4 N–H and O–H groups in total. The van der Waals surface area contributed by atoms with Gasteiger partial charge in [0.1, 0.15) is 25.3 Å². The maximum atomic E-state index is 14.3. The van der Waals surface area contributed by atoms with Crippen LogP contribution in [0, 0.1) is 11.8 Å². The van der Waals surface area contributed by atoms with Gasteiger partial charge in [0.05, 0.1) is 24.3 Å². The average molecular weight is 1020 g/mol. The van der Waals surface area contributed by atoms with Crippen LogP contribution in [0.15, 0.2) is 60.7 Å². The smallest absolute Gasteiger partial charge is 0.363 e. The van der Waals surface area contributed by atoms with Crippen molar-refractivity contribution in [1.82, 2.24) is 40.9 Å². The Hall–Kier alpha value is -5.76. The number of carbonyl (C=O) groups is 6. The van der Waals surface area contributed by atoms with E-state index in [1.165, 1.54) is 23.6 Å². The molecule has 2 aromatic carbocycles. The first-order chi connectivity index (χ1) is 34.1. The van der Waals surface area contributed by atoms with Crippen molar-refractivity contribution in [1.29, 1.82) is 0 Å². The van der Waals surface area contributed by atoms with Gasteiger partial charge in [-0.3, -0.25) is 28.8 Å². The van der Waals surface area contributed by atoms with Crippen molar-refractivity contribution in [3.63, 3.8) is 0 Å². The van der Waals surface area contributed by atoms with Crippen LogP contribution in [0.2, 0.25) is 0 Å². The number of amides is 6. The highest BCUT2D eigenvalue weighted by Crippen LogP contribution is 2.27. The summed E-state index contributed by atoms with van der Waals surface area (Å²) in [5.74, 6) is -0.868. The number of nitrogens with one attached hydrogen (secondary N) is 4. The first-order valence-electron chi connectivity index (χ1n) is 24.1. The normalized spacial score (nSPS) is 18.4. The van der Waals surface area contributed by atoms with Crippen molar-refractivity contribution >= 4 is 35.4 Å². The number of hydrogen-bond acceptors (Lipinski definition) is 10. The molecule has 6 amide bonds. The molecule has 0 spiro atoms. The summed E-state index contributed by atoms with van der Waals surface area (Å²) in [6.07, 6.45) is -10.5. The Labute approximate surface area is 417 Å². The molecular weight excluding hydrogens is 955 g/mol. The number of likely N-dealkylation sites (N-methyl/N-ethyl adjacent to an activating group) is 2. The van der Waals surface area contributed by atoms with Gasteiger partial charge < -0.3 is 50.3 Å². The van der Waals surface area contributed by atoms with Gasteiger partial charge in [-0.2, -0.15) is 26.3 Å². The Balaban J connectivity index is 1.44. The van der Waals surface area contributed by atoms with Crippen molar-refractivity contribution < 1.29 is 64.6 Å². The van der Waals surface area contributed by atoms with Crippen molar-refractivity contribution in [3.8, 4) is 11.8 Å². The second kappa shape index (κ2) is 27.9. The van der Waals surface area contributed by atoms with Crippen LogP contribution < -0.4 is 21.3 Å². The lowest BCUT2D eigenvalue weighted by atomic mass is 10.1. The summed E-state index contributed by atoms with van der Waals surface area (Å²) in [7, 11) is 3.09. The summed E-state index contributed by atoms with van der Waals surface area (Å²) in [6.45, 7) is 4.67. The van der Waals surface area contributed by atoms with E-state index in [0.29, 0.717) is 35.5 Å². The topological polar surface area (TPSA) is 182 Å². The summed E-state index contributed by atoms with van der Waals surface area (Å²) < 4.78 is 94.7. The van der Waals surface area contributed by atoms with Gasteiger partial charge in [-0.25, -0.2) is 0 Å². The van der Waals surface area contributed by atoms with Crippen LogP contribution in [0.5, 0.6) is 0 Å². The highest BCUT2D eigenvalue weighted by molar-refractivity contribution is 5.91. The van der Waals surface area contributed by atoms with Crippen molar-refractivity contribution in [3.05, 3.63) is 71.8 Å². The van der Waals surface area contributed by atoms with Gasteiger partial charge in [0.2, 0.25) is 23.6 Å². The molecule has 8 atom stereocenters. The fourth-order valence-electron chi connectivity index (χ4n) is 8.44. The summed E-state index contributed by atoms with van der Waals surface area (Å²) >= 11 is 0. The second-order valence-corrected chi connectivity index (χ2v) is 18.0. The van der Waals surface area contributed by atoms with Crippen LogP contribution in [0.3, 0.4) is 0 Å². The van der Waals surface area contributed by atoms with Crippen molar-refractivity contribution in [2.75, 3.05) is 66.6 Å². The predicted molar refractivity (Wildman–Crippen MR) is 255 cm³/mol. The lowest BCUT2D eigenvalue weighted by Gasteiger charge is -2.35. The monoisotopic (exact) mass is 1020 g/mol. The fraction of sp³-hybridized carbons (Fsp3) is 0.600. The van der Waals surface area contributed by atoms with Gasteiger partial charge in [0.25, 0.3) is 0 Å². The zero-order chi connectivity index (χ0) is 53.2. The molecule has 2 fully saturated rings. The van der Waals surface area contributed by atoms with Gasteiger partial charge in [-0.15, -0.1) is 0 Å². The molecule has 4 rings (SSSR count). The summed E-state index contributed by atoms with van der Waals surface area (Å²) in [6, 6.07) is 11.8. The van der Waals surface area contributed by atoms with Crippen molar-refractivity contribution in [2.45, 2.75) is 127 Å². The predicted octanol–water partition coefficient (Wildman–Crippen LogP) is 3.23. The molecule has 2 aromatic rings. The largest absolute Gasteiger partial charge is 0.471 e. The molecule has 2 aliphatic heterocycles. The third kappa shape index (κ3) is 17.5. The molecule has 0 saturated carbocycles. The Morgan fingerprint density at radius 3 is 1.28 bits per heavy atom. The van der Waals surface area contributed by atoms with Crippen LogP contribution in [-0.2, 0) is 51.1 Å². The SMILES string of the molecule is CN[C@@H](C)C(=O)N[C@H](C(=O)N1CCC[C@H]1CN(CCc1ccccc1)C(=O)C(F)(F)F)[C@@H](C)OCC#CCO[C@H](C)[C@H](NC(=O)[C@H](C)NC)C(=O)N1CCC[C@H]1CN(CCc1ccccc1)C(=O)C(F)(F)F. The fourth-order valence-corrected chi connectivity index (χ4v) is 8.44. The lowest BCUT2D eigenvalue weighted by molar-refractivity contribution is -0.186. The summed E-state index contributed by atoms with van der Waals surface area (Å²) in [5, 5.41) is 11.0. The van der Waals surface area contributed by atoms with E-state index in [1.807, 2.05) is 0 Å². The van der Waals surface area contributed by atoms with E-state index in [-0.39, 0.29) is 65.3 Å². The standard InChI is InChI=1S/C50H68F6N8O8/c1-33(57-5)43(65)59-41(45(67)63-25-15-21-39(63)31-61(47(69)49(51,52)53)27-23-37-17-9-7-10-18-37)35(3)71-29-13-14-30-72-36(4)42(60-44(66)34(2)58-6)46(68)64-26-16-22-40(64)32-62(48(70)50(54,55)56)28-24-38-19-11-8-12-20-38/h7-12,17-20,33-36,39-42,57-58H,15-16,21-32H2,1-6H3,(H,59,65)(H,60,66)/t33-,34-,35+,36+,39-,40-,41-,42-/m0/s1. The van der Waals surface area contributed by atoms with E-state index in [0.717, 1.165) is 11.1 Å². The Morgan fingerprint density at radius 1 is 0.611 bits per heavy atom. The van der Waals surface area contributed by atoms with Gasteiger partial charge in [-0.1, -0.05) is 72.5 Å². The molecule has 22 heteroatoms. The van der Waals surface area contributed by atoms with E-state index in [4.69, 9.17) is 9.47 Å². The molecule has 72 heavy (non-hydrogen) atoms. The number of nitrogens with zero attached hydrogens (tertiary/aromatic N) is 4. The van der Waals surface area contributed by atoms with Crippen LogP contribution in [-0.4, -0.2) is 182 Å². The van der Waals surface area contributed by atoms with Crippen molar-refractivity contribution in [2.24, 2.45) is 0 Å². The minimum atomic E-state index is -5.14. The van der Waals surface area contributed by atoms with Gasteiger partial charge in [-0.05, 0) is 91.4 Å². The lowest BCUT2D eigenvalue weighted by Crippen LogP contribution is -2.59. The Kier molecular flexibility index (Phi) is 22.8. The zero-order valence-electron chi connectivity index (χ0n) is 41.6. The minimum absolute atomic E-state index is 0.153. The number of likely N-dealkylation sites (tertiary alicyclic amines) is 2. The number of ether oxygens (including phenoxy) is 2. The summed E-state index contributed by atoms with van der Waals surface area (Å²) in [5.41, 5.74) is 1.46. The van der Waals surface area contributed by atoms with Gasteiger partial charge >= 0.3 is 24.2 Å². The maximum Gasteiger partial charge on any atom is 0.471 e. The molecule has 2 aliphatic rings. The van der Waals surface area contributed by atoms with Crippen LogP contribution in [0.4, 0.5) is 26.3 Å². The number of carbonyl (C=O) groups excluding carboxylic acids is 6. The molecule has 2 heterocycles. The molecule has 398 valence electrons. The second-order valence-electron chi connectivity index (χ2n) is 18.0. The van der Waals surface area contributed by atoms with Gasteiger partial charge in [0.15, 0.2) is 0 Å². The Bertz CT molecular complexity index is 2010. The number of rotatable bonds is 24. The maximum absolute atomic E-state index is 14.3. The molecule has 16 nitrogen and oxygen atoms in total. The quantitative estimate of drug-likeness (QED) is 0.0901. The first-order valence-corrected chi connectivity index (χ1v) is 24.1. The molecule has 0 radical (unpaired) electrons. The van der Waals surface area contributed by atoms with Crippen LogP contribution >= 0.6 is 0 Å². The highest BCUT2D eigenvalue weighted by atomic mass is 19.4. The molecule has 0 aromatic heterocycles. The molecule has 0 aliphatic carbocycles. The average Bonchev–Trinajstić information content (AvgIpc) is 4.04.